The molecule has 0 radical (unpaired) electrons. The van der Waals surface area contributed by atoms with Crippen LogP contribution in [0.3, 0.4) is 0 Å². The molecule has 1 aliphatic rings. The predicted octanol–water partition coefficient (Wildman–Crippen LogP) is 1.06. The lowest BCUT2D eigenvalue weighted by Crippen LogP contribution is -2.29. The highest BCUT2D eigenvalue weighted by atomic mass is 16.5. The largest absolute Gasteiger partial charge is 0.494 e. The number of ether oxygens (including phenoxy) is 2. The monoisotopic (exact) mass is 278 g/mol. The molecule has 2 N–H and O–H groups in total. The van der Waals surface area contributed by atoms with Gasteiger partial charge in [-0.1, -0.05) is 0 Å². The smallest absolute Gasteiger partial charge is 0.339 e. The van der Waals surface area contributed by atoms with Gasteiger partial charge in [-0.3, -0.25) is 4.79 Å². The minimum Gasteiger partial charge on any atom is -0.494 e. The molecule has 0 saturated carbocycles. The van der Waals surface area contributed by atoms with Crippen molar-refractivity contribution in [2.24, 2.45) is 0 Å². The minimum atomic E-state index is -0.704. The van der Waals surface area contributed by atoms with Gasteiger partial charge < -0.3 is 20.1 Å². The first-order valence-corrected chi connectivity index (χ1v) is 6.50. The Labute approximate surface area is 117 Å². The van der Waals surface area contributed by atoms with Gasteiger partial charge in [0, 0.05) is 31.8 Å². The molecule has 2 rings (SSSR count). The number of hydrogen-bond donors (Lipinski definition) is 1. The summed E-state index contributed by atoms with van der Waals surface area (Å²) in [6.07, 6.45) is -0.189. The molecule has 6 nitrogen and oxygen atoms in total. The number of nitrogens with two attached hydrogens (primary N) is 1. The van der Waals surface area contributed by atoms with Crippen molar-refractivity contribution >= 4 is 17.6 Å². The van der Waals surface area contributed by atoms with Crippen LogP contribution in [-0.2, 0) is 9.53 Å². The third-order valence-corrected chi connectivity index (χ3v) is 3.10. The van der Waals surface area contributed by atoms with Crippen molar-refractivity contribution < 1.29 is 19.1 Å². The molecule has 1 heterocycles. The van der Waals surface area contributed by atoms with Crippen molar-refractivity contribution in [1.29, 1.82) is 0 Å². The quantitative estimate of drug-likeness (QED) is 0.657. The number of likely N-dealkylation sites (N-methyl/N-ethyl adjacent to an activating group) is 1. The molecule has 1 amide bonds. The van der Waals surface area contributed by atoms with Crippen molar-refractivity contribution in [3.8, 4) is 5.75 Å². The number of rotatable bonds is 4. The molecule has 0 aromatic heterocycles. The van der Waals surface area contributed by atoms with Gasteiger partial charge in [-0.15, -0.1) is 0 Å². The molecule has 1 aromatic carbocycles. The van der Waals surface area contributed by atoms with Crippen LogP contribution in [0.4, 0.5) is 5.69 Å². The van der Waals surface area contributed by atoms with E-state index in [9.17, 15) is 9.59 Å². The second-order valence-electron chi connectivity index (χ2n) is 4.67. The maximum absolute atomic E-state index is 12.1. The Balaban J connectivity index is 2.11. The summed E-state index contributed by atoms with van der Waals surface area (Å²) in [5, 5.41) is 0. The van der Waals surface area contributed by atoms with Crippen LogP contribution in [0.5, 0.6) is 5.75 Å². The van der Waals surface area contributed by atoms with E-state index in [4.69, 9.17) is 15.2 Å². The SMILES string of the molecule is CCOc1cc(N)cc(C(=O)OC2CCN(C)C2=O)c1. The summed E-state index contributed by atoms with van der Waals surface area (Å²) >= 11 is 0. The first kappa shape index (κ1) is 14.2. The van der Waals surface area contributed by atoms with Gasteiger partial charge in [-0.2, -0.15) is 0 Å². The number of nitrogen functional groups attached to an aromatic ring is 1. The highest BCUT2D eigenvalue weighted by Gasteiger charge is 2.32. The molecular formula is C14H18N2O4. The van der Waals surface area contributed by atoms with E-state index in [1.54, 1.807) is 24.1 Å². The van der Waals surface area contributed by atoms with Crippen LogP contribution in [0.1, 0.15) is 23.7 Å². The molecular weight excluding hydrogens is 260 g/mol. The van der Waals surface area contributed by atoms with Gasteiger partial charge in [0.2, 0.25) is 0 Å². The lowest BCUT2D eigenvalue weighted by Gasteiger charge is -2.12. The van der Waals surface area contributed by atoms with Crippen LogP contribution in [-0.4, -0.2) is 43.1 Å². The van der Waals surface area contributed by atoms with Crippen LogP contribution in [0.25, 0.3) is 0 Å². The number of nitrogens with zero attached hydrogens (tertiary/aromatic N) is 1. The minimum absolute atomic E-state index is 0.174. The Morgan fingerprint density at radius 3 is 2.80 bits per heavy atom. The first-order chi connectivity index (χ1) is 9.51. The van der Waals surface area contributed by atoms with Crippen LogP contribution in [0.15, 0.2) is 18.2 Å². The van der Waals surface area contributed by atoms with Crippen LogP contribution >= 0.6 is 0 Å². The van der Waals surface area contributed by atoms with E-state index < -0.39 is 12.1 Å². The van der Waals surface area contributed by atoms with Gasteiger partial charge in [0.05, 0.1) is 12.2 Å². The molecule has 1 saturated heterocycles. The number of likely N-dealkylation sites (tertiary alicyclic amines) is 1. The number of amides is 1. The number of esters is 1. The van der Waals surface area contributed by atoms with Gasteiger partial charge in [0.15, 0.2) is 6.10 Å². The Morgan fingerprint density at radius 1 is 1.45 bits per heavy atom. The van der Waals surface area contributed by atoms with Gasteiger partial charge in [0.25, 0.3) is 5.91 Å². The van der Waals surface area contributed by atoms with Crippen LogP contribution in [0, 0.1) is 0 Å². The fourth-order valence-corrected chi connectivity index (χ4v) is 2.09. The lowest BCUT2D eigenvalue weighted by molar-refractivity contribution is -0.133. The number of anilines is 1. The Bertz CT molecular complexity index is 530. The van der Waals surface area contributed by atoms with Gasteiger partial charge in [-0.25, -0.2) is 4.79 Å². The normalized spacial score (nSPS) is 18.2. The van der Waals surface area contributed by atoms with Gasteiger partial charge >= 0.3 is 5.97 Å². The molecule has 0 aliphatic carbocycles. The summed E-state index contributed by atoms with van der Waals surface area (Å²) in [6.45, 7) is 2.91. The van der Waals surface area contributed by atoms with Crippen molar-refractivity contribution in [1.82, 2.24) is 4.90 Å². The zero-order chi connectivity index (χ0) is 14.7. The fraction of sp³-hybridized carbons (Fsp3) is 0.429. The molecule has 6 heteroatoms. The van der Waals surface area contributed by atoms with E-state index in [1.165, 1.54) is 6.07 Å². The molecule has 108 valence electrons. The molecule has 1 unspecified atom stereocenters. The average molecular weight is 278 g/mol. The standard InChI is InChI=1S/C14H18N2O4/c1-3-19-11-7-9(6-10(15)8-11)14(18)20-12-4-5-16(2)13(12)17/h6-8,12H,3-5,15H2,1-2H3. The number of benzene rings is 1. The van der Waals surface area contributed by atoms with E-state index in [2.05, 4.69) is 0 Å². The summed E-state index contributed by atoms with van der Waals surface area (Å²) in [5.74, 6) is -0.228. The van der Waals surface area contributed by atoms with Crippen LogP contribution < -0.4 is 10.5 Å². The Morgan fingerprint density at radius 2 is 2.20 bits per heavy atom. The number of carbonyl (C=O) groups is 2. The topological polar surface area (TPSA) is 81.9 Å². The van der Waals surface area contributed by atoms with E-state index in [0.29, 0.717) is 31.0 Å². The van der Waals surface area contributed by atoms with Crippen molar-refractivity contribution in [2.45, 2.75) is 19.4 Å². The zero-order valence-electron chi connectivity index (χ0n) is 11.6. The van der Waals surface area contributed by atoms with E-state index in [0.717, 1.165) is 0 Å². The van der Waals surface area contributed by atoms with Crippen molar-refractivity contribution in [2.75, 3.05) is 25.9 Å². The summed E-state index contributed by atoms with van der Waals surface area (Å²) in [5.41, 5.74) is 6.42. The van der Waals surface area contributed by atoms with Crippen molar-refractivity contribution in [3.05, 3.63) is 23.8 Å². The van der Waals surface area contributed by atoms with Crippen molar-refractivity contribution in [3.63, 3.8) is 0 Å². The molecule has 20 heavy (non-hydrogen) atoms. The number of carbonyl (C=O) groups excluding carboxylic acids is 2. The average Bonchev–Trinajstić information content (AvgIpc) is 2.70. The van der Waals surface area contributed by atoms with E-state index >= 15 is 0 Å². The molecule has 1 fully saturated rings. The zero-order valence-corrected chi connectivity index (χ0v) is 11.6. The third-order valence-electron chi connectivity index (χ3n) is 3.10. The summed E-state index contributed by atoms with van der Waals surface area (Å²) in [7, 11) is 1.68. The Hall–Kier alpha value is -2.24. The molecule has 1 aliphatic heterocycles. The summed E-state index contributed by atoms with van der Waals surface area (Å²) in [6, 6.07) is 4.70. The van der Waals surface area contributed by atoms with Gasteiger partial charge in [-0.05, 0) is 19.1 Å². The molecule has 0 spiro atoms. The lowest BCUT2D eigenvalue weighted by atomic mass is 10.2. The Kier molecular flexibility index (Phi) is 4.12. The third kappa shape index (κ3) is 3.01. The highest BCUT2D eigenvalue weighted by Crippen LogP contribution is 2.21. The molecule has 1 aromatic rings. The maximum Gasteiger partial charge on any atom is 0.339 e. The van der Waals surface area contributed by atoms with Gasteiger partial charge in [0.1, 0.15) is 5.75 Å². The number of hydrogen-bond acceptors (Lipinski definition) is 5. The fourth-order valence-electron chi connectivity index (χ4n) is 2.09. The predicted molar refractivity (Wildman–Crippen MR) is 73.5 cm³/mol. The maximum atomic E-state index is 12.1. The highest BCUT2D eigenvalue weighted by molar-refractivity contribution is 5.94. The molecule has 1 atom stereocenters. The second kappa shape index (κ2) is 5.81. The summed E-state index contributed by atoms with van der Waals surface area (Å²) < 4.78 is 10.5. The van der Waals surface area contributed by atoms with Crippen LogP contribution in [0.2, 0.25) is 0 Å². The molecule has 0 bridgehead atoms. The second-order valence-corrected chi connectivity index (χ2v) is 4.67. The summed E-state index contributed by atoms with van der Waals surface area (Å²) in [4.78, 5) is 25.3. The van der Waals surface area contributed by atoms with E-state index in [1.807, 2.05) is 6.92 Å². The first-order valence-electron chi connectivity index (χ1n) is 6.50. The van der Waals surface area contributed by atoms with E-state index in [-0.39, 0.29) is 11.5 Å².